The number of nitrogens with zero attached hydrogens (tertiary/aromatic N) is 1. The fourth-order valence-corrected chi connectivity index (χ4v) is 2.33. The van der Waals surface area contributed by atoms with Crippen molar-refractivity contribution in [3.63, 3.8) is 0 Å². The maximum absolute atomic E-state index is 12.4. The summed E-state index contributed by atoms with van der Waals surface area (Å²) in [6, 6.07) is 0.440. The van der Waals surface area contributed by atoms with E-state index in [2.05, 4.69) is 12.2 Å². The van der Waals surface area contributed by atoms with Crippen molar-refractivity contribution in [2.45, 2.75) is 51.7 Å². The highest BCUT2D eigenvalue weighted by Crippen LogP contribution is 2.20. The first kappa shape index (κ1) is 14.5. The Morgan fingerprint density at radius 3 is 2.76 bits per heavy atom. The summed E-state index contributed by atoms with van der Waals surface area (Å²) >= 11 is 0. The van der Waals surface area contributed by atoms with Crippen LogP contribution in [-0.2, 0) is 9.53 Å². The monoisotopic (exact) mass is 242 g/mol. The Morgan fingerprint density at radius 2 is 2.24 bits per heavy atom. The molecule has 1 heterocycles. The zero-order valence-corrected chi connectivity index (χ0v) is 11.6. The van der Waals surface area contributed by atoms with Gasteiger partial charge >= 0.3 is 0 Å². The number of likely N-dealkylation sites (N-methyl/N-ethyl adjacent to an activating group) is 1. The number of methoxy groups -OCH3 is 1. The molecule has 1 aliphatic heterocycles. The minimum absolute atomic E-state index is 0.130. The molecular formula is C13H26N2O2. The summed E-state index contributed by atoms with van der Waals surface area (Å²) < 4.78 is 5.39. The first-order chi connectivity index (χ1) is 8.07. The molecule has 0 spiro atoms. The first-order valence-corrected chi connectivity index (χ1v) is 6.65. The molecule has 1 rings (SSSR count). The highest BCUT2D eigenvalue weighted by atomic mass is 16.5. The minimum Gasteiger partial charge on any atom is -0.369 e. The van der Waals surface area contributed by atoms with Crippen molar-refractivity contribution in [2.24, 2.45) is 0 Å². The quantitative estimate of drug-likeness (QED) is 0.792. The Kier molecular flexibility index (Phi) is 5.40. The lowest BCUT2D eigenvalue weighted by atomic mass is 9.98. The van der Waals surface area contributed by atoms with Gasteiger partial charge in [0.05, 0.1) is 0 Å². The molecule has 0 aliphatic carbocycles. The fraction of sp³-hybridized carbons (Fsp3) is 0.923. The van der Waals surface area contributed by atoms with Gasteiger partial charge in [-0.05, 0) is 32.7 Å². The number of ether oxygens (including phenoxy) is 1. The van der Waals surface area contributed by atoms with Crippen LogP contribution in [0.15, 0.2) is 0 Å². The molecule has 2 unspecified atom stereocenters. The largest absolute Gasteiger partial charge is 0.369 e. The third kappa shape index (κ3) is 3.42. The third-order valence-corrected chi connectivity index (χ3v) is 3.78. The lowest BCUT2D eigenvalue weighted by molar-refractivity contribution is -0.154. The van der Waals surface area contributed by atoms with Crippen molar-refractivity contribution in [1.82, 2.24) is 10.2 Å². The van der Waals surface area contributed by atoms with Gasteiger partial charge in [0, 0.05) is 26.2 Å². The number of amides is 1. The van der Waals surface area contributed by atoms with Gasteiger partial charge in [-0.3, -0.25) is 4.79 Å². The molecule has 1 amide bonds. The van der Waals surface area contributed by atoms with E-state index in [0.717, 1.165) is 32.5 Å². The second-order valence-corrected chi connectivity index (χ2v) is 4.94. The molecule has 1 aliphatic rings. The Morgan fingerprint density at radius 1 is 1.53 bits per heavy atom. The molecule has 2 atom stereocenters. The SMILES string of the molecule is CCNC1CCCN(C(=O)C(C)(CC)OC)C1. The Balaban J connectivity index is 2.62. The number of hydrogen-bond acceptors (Lipinski definition) is 3. The fourth-order valence-electron chi connectivity index (χ4n) is 2.33. The Bertz CT molecular complexity index is 250. The van der Waals surface area contributed by atoms with Crippen molar-refractivity contribution in [1.29, 1.82) is 0 Å². The van der Waals surface area contributed by atoms with Gasteiger partial charge in [-0.25, -0.2) is 0 Å². The number of carbonyl (C=O) groups excluding carboxylic acids is 1. The van der Waals surface area contributed by atoms with Gasteiger partial charge in [-0.2, -0.15) is 0 Å². The number of rotatable bonds is 5. The van der Waals surface area contributed by atoms with Crippen LogP contribution in [0.25, 0.3) is 0 Å². The molecule has 4 heteroatoms. The molecule has 0 saturated carbocycles. The van der Waals surface area contributed by atoms with E-state index in [9.17, 15) is 4.79 Å². The van der Waals surface area contributed by atoms with E-state index < -0.39 is 5.60 Å². The highest BCUT2D eigenvalue weighted by molar-refractivity contribution is 5.85. The molecule has 0 aromatic carbocycles. The van der Waals surface area contributed by atoms with Gasteiger partial charge in [-0.1, -0.05) is 13.8 Å². The summed E-state index contributed by atoms with van der Waals surface area (Å²) in [7, 11) is 1.62. The van der Waals surface area contributed by atoms with Crippen molar-refractivity contribution in [3.05, 3.63) is 0 Å². The van der Waals surface area contributed by atoms with E-state index in [1.54, 1.807) is 7.11 Å². The van der Waals surface area contributed by atoms with Crippen LogP contribution in [0, 0.1) is 0 Å². The third-order valence-electron chi connectivity index (χ3n) is 3.78. The number of hydrogen-bond donors (Lipinski definition) is 1. The van der Waals surface area contributed by atoms with Crippen LogP contribution in [0.4, 0.5) is 0 Å². The Labute approximate surface area is 105 Å². The second kappa shape index (κ2) is 6.36. The van der Waals surface area contributed by atoms with E-state index in [1.807, 2.05) is 18.7 Å². The molecule has 0 aromatic rings. The summed E-state index contributed by atoms with van der Waals surface area (Å²) in [5.74, 6) is 0.130. The lowest BCUT2D eigenvalue weighted by Crippen LogP contribution is -2.54. The molecule has 0 aromatic heterocycles. The molecule has 100 valence electrons. The number of nitrogens with one attached hydrogen (secondary N) is 1. The number of carbonyl (C=O) groups is 1. The summed E-state index contributed by atoms with van der Waals surface area (Å²) in [5, 5.41) is 3.42. The predicted octanol–water partition coefficient (Wildman–Crippen LogP) is 1.40. The van der Waals surface area contributed by atoms with Gasteiger partial charge in [-0.15, -0.1) is 0 Å². The molecule has 4 nitrogen and oxygen atoms in total. The number of piperidine rings is 1. The van der Waals surface area contributed by atoms with Crippen LogP contribution in [-0.4, -0.2) is 49.2 Å². The molecule has 0 bridgehead atoms. The van der Waals surface area contributed by atoms with Crippen LogP contribution in [0.1, 0.15) is 40.0 Å². The van der Waals surface area contributed by atoms with Gasteiger partial charge < -0.3 is 15.0 Å². The smallest absolute Gasteiger partial charge is 0.254 e. The molecule has 0 radical (unpaired) electrons. The zero-order valence-electron chi connectivity index (χ0n) is 11.6. The summed E-state index contributed by atoms with van der Waals surface area (Å²) in [4.78, 5) is 14.4. The molecule has 1 N–H and O–H groups in total. The van der Waals surface area contributed by atoms with Crippen LogP contribution in [0.5, 0.6) is 0 Å². The molecule has 17 heavy (non-hydrogen) atoms. The van der Waals surface area contributed by atoms with Gasteiger partial charge in [0.25, 0.3) is 5.91 Å². The van der Waals surface area contributed by atoms with Crippen molar-refractivity contribution in [3.8, 4) is 0 Å². The average Bonchev–Trinajstić information content (AvgIpc) is 2.37. The number of likely N-dealkylation sites (tertiary alicyclic amines) is 1. The second-order valence-electron chi connectivity index (χ2n) is 4.94. The molecule has 1 saturated heterocycles. The van der Waals surface area contributed by atoms with E-state index in [4.69, 9.17) is 4.74 Å². The maximum atomic E-state index is 12.4. The maximum Gasteiger partial charge on any atom is 0.254 e. The summed E-state index contributed by atoms with van der Waals surface area (Å²) in [5.41, 5.74) is -0.659. The normalized spacial score (nSPS) is 24.5. The van der Waals surface area contributed by atoms with Crippen molar-refractivity contribution in [2.75, 3.05) is 26.7 Å². The van der Waals surface area contributed by atoms with Crippen molar-refractivity contribution >= 4 is 5.91 Å². The topological polar surface area (TPSA) is 41.6 Å². The lowest BCUT2D eigenvalue weighted by Gasteiger charge is -2.38. The van der Waals surface area contributed by atoms with Crippen molar-refractivity contribution < 1.29 is 9.53 Å². The van der Waals surface area contributed by atoms with E-state index in [1.165, 1.54) is 0 Å². The molecular weight excluding hydrogens is 216 g/mol. The van der Waals surface area contributed by atoms with Crippen LogP contribution >= 0.6 is 0 Å². The minimum atomic E-state index is -0.659. The van der Waals surface area contributed by atoms with E-state index in [-0.39, 0.29) is 5.91 Å². The van der Waals surface area contributed by atoms with Crippen LogP contribution < -0.4 is 5.32 Å². The standard InChI is InChI=1S/C13H26N2O2/c1-5-13(3,17-4)12(16)15-9-7-8-11(10-15)14-6-2/h11,14H,5-10H2,1-4H3. The van der Waals surface area contributed by atoms with Gasteiger partial charge in [0.2, 0.25) is 0 Å². The van der Waals surface area contributed by atoms with E-state index in [0.29, 0.717) is 12.5 Å². The zero-order chi connectivity index (χ0) is 12.9. The van der Waals surface area contributed by atoms with Crippen LogP contribution in [0.3, 0.4) is 0 Å². The van der Waals surface area contributed by atoms with Crippen LogP contribution in [0.2, 0.25) is 0 Å². The Hall–Kier alpha value is -0.610. The predicted molar refractivity (Wildman–Crippen MR) is 69.0 cm³/mol. The first-order valence-electron chi connectivity index (χ1n) is 6.65. The summed E-state index contributed by atoms with van der Waals surface area (Å²) in [6.07, 6.45) is 2.95. The average molecular weight is 242 g/mol. The van der Waals surface area contributed by atoms with E-state index >= 15 is 0 Å². The summed E-state index contributed by atoms with van der Waals surface area (Å²) in [6.45, 7) is 8.61. The van der Waals surface area contributed by atoms with Gasteiger partial charge in [0.15, 0.2) is 0 Å². The van der Waals surface area contributed by atoms with Gasteiger partial charge in [0.1, 0.15) is 5.60 Å². The highest BCUT2D eigenvalue weighted by Gasteiger charge is 2.36. The molecule has 1 fully saturated rings.